The highest BCUT2D eigenvalue weighted by atomic mass is 14.7. The normalized spacial score (nSPS) is 11.1. The first-order chi connectivity index (χ1) is 26.5. The van der Waals surface area contributed by atoms with Crippen LogP contribution in [0.4, 0.5) is 0 Å². The molecule has 0 saturated carbocycles. The molecule has 274 valence electrons. The summed E-state index contributed by atoms with van der Waals surface area (Å²) in [6, 6.07) is 56.6. The standard InChI is InChI=1S/C27H25N.C21H19N.2C2H6/c1-4-21-10-9-13-25(17-21)22(5-2)16-20(3)24-14-15-26(19-28)27(18-24)23-11-7-6-8-12-23;1-2-22-21(18-12-7-4-8-13-18)20-15-9-14-19(16-20)17-10-5-3-6-11-17;2*1-2/h5-18H,4H2,1-3H3;3-16H,2H2,1H3;2*1-2H3/b20-16+,22-5+;;;. The average Bonchev–Trinajstić information content (AvgIpc) is 3.27. The maximum Gasteiger partial charge on any atom is 0.0998 e. The van der Waals surface area contributed by atoms with Gasteiger partial charge in [-0.05, 0) is 89.9 Å². The zero-order chi connectivity index (χ0) is 39.1. The van der Waals surface area contributed by atoms with Crippen LogP contribution in [0.3, 0.4) is 0 Å². The van der Waals surface area contributed by atoms with Gasteiger partial charge in [0.2, 0.25) is 0 Å². The maximum atomic E-state index is 9.52. The van der Waals surface area contributed by atoms with Crippen molar-refractivity contribution in [1.29, 1.82) is 5.26 Å². The molecular formula is C52H56N2. The second-order valence-electron chi connectivity index (χ2n) is 12.0. The van der Waals surface area contributed by atoms with Gasteiger partial charge in [0.25, 0.3) is 0 Å². The fourth-order valence-corrected chi connectivity index (χ4v) is 5.94. The molecule has 0 aliphatic rings. The number of nitriles is 1. The summed E-state index contributed by atoms with van der Waals surface area (Å²) in [5.41, 5.74) is 14.7. The van der Waals surface area contributed by atoms with Gasteiger partial charge in [-0.3, -0.25) is 4.99 Å². The molecule has 2 heteroatoms. The van der Waals surface area contributed by atoms with Crippen LogP contribution < -0.4 is 0 Å². The Hall–Kier alpha value is -6.04. The molecule has 0 fully saturated rings. The van der Waals surface area contributed by atoms with E-state index in [2.05, 4.69) is 149 Å². The number of rotatable bonds is 9. The van der Waals surface area contributed by atoms with Crippen molar-refractivity contribution in [2.75, 3.05) is 6.54 Å². The zero-order valence-electron chi connectivity index (χ0n) is 33.5. The predicted octanol–water partition coefficient (Wildman–Crippen LogP) is 14.6. The van der Waals surface area contributed by atoms with Crippen LogP contribution in [0.1, 0.15) is 88.8 Å². The summed E-state index contributed by atoms with van der Waals surface area (Å²) in [6.45, 7) is 17.2. The number of hydrogen-bond acceptors (Lipinski definition) is 2. The molecule has 6 aromatic rings. The molecule has 0 spiro atoms. The van der Waals surface area contributed by atoms with Gasteiger partial charge in [0.05, 0.1) is 17.3 Å². The number of hydrogen-bond donors (Lipinski definition) is 0. The molecule has 0 bridgehead atoms. The van der Waals surface area contributed by atoms with Crippen LogP contribution in [0.15, 0.2) is 175 Å². The quantitative estimate of drug-likeness (QED) is 0.109. The molecule has 0 N–H and O–H groups in total. The van der Waals surface area contributed by atoms with Gasteiger partial charge in [-0.25, -0.2) is 0 Å². The Bertz CT molecular complexity index is 2130. The van der Waals surface area contributed by atoms with E-state index in [1.807, 2.05) is 82.3 Å². The SMILES string of the molecule is C/C=C(\C=C(/C)c1ccc(C#N)c(-c2ccccc2)c1)c1cccc(CC)c1.CC.CC.CCN=C(c1ccccc1)c1cccc(-c2ccccc2)c1. The molecule has 0 aliphatic heterocycles. The van der Waals surface area contributed by atoms with E-state index in [0.29, 0.717) is 5.56 Å². The van der Waals surface area contributed by atoms with E-state index in [0.717, 1.165) is 46.5 Å². The smallest absolute Gasteiger partial charge is 0.0998 e. The van der Waals surface area contributed by atoms with Crippen LogP contribution in [0.5, 0.6) is 0 Å². The van der Waals surface area contributed by atoms with Gasteiger partial charge in [0.1, 0.15) is 0 Å². The first kappa shape index (κ1) is 42.4. The van der Waals surface area contributed by atoms with Crippen molar-refractivity contribution in [1.82, 2.24) is 0 Å². The lowest BCUT2D eigenvalue weighted by Crippen LogP contribution is -2.04. The van der Waals surface area contributed by atoms with E-state index in [1.54, 1.807) is 0 Å². The molecule has 0 radical (unpaired) electrons. The third-order valence-electron chi connectivity index (χ3n) is 8.64. The Labute approximate surface area is 325 Å². The van der Waals surface area contributed by atoms with Crippen molar-refractivity contribution in [3.8, 4) is 28.3 Å². The average molecular weight is 709 g/mol. The van der Waals surface area contributed by atoms with Crippen LogP contribution in [0, 0.1) is 11.3 Å². The lowest BCUT2D eigenvalue weighted by Gasteiger charge is -2.10. The fraction of sp³-hybridized carbons (Fsp3) is 0.192. The van der Waals surface area contributed by atoms with Gasteiger partial charge in [0, 0.05) is 23.2 Å². The molecule has 6 rings (SSSR count). The van der Waals surface area contributed by atoms with Gasteiger partial charge in [-0.1, -0.05) is 186 Å². The second kappa shape index (κ2) is 23.5. The number of aryl methyl sites for hydroxylation is 1. The Balaban J connectivity index is 0.000000272. The Morgan fingerprint density at radius 1 is 0.574 bits per heavy atom. The molecule has 0 unspecified atom stereocenters. The van der Waals surface area contributed by atoms with Crippen molar-refractivity contribution in [2.24, 2.45) is 4.99 Å². The fourth-order valence-electron chi connectivity index (χ4n) is 5.94. The Morgan fingerprint density at radius 2 is 1.13 bits per heavy atom. The zero-order valence-corrected chi connectivity index (χ0v) is 33.5. The predicted molar refractivity (Wildman–Crippen MR) is 237 cm³/mol. The van der Waals surface area contributed by atoms with E-state index in [-0.39, 0.29) is 0 Å². The molecular weight excluding hydrogens is 653 g/mol. The van der Waals surface area contributed by atoms with Crippen LogP contribution in [0.2, 0.25) is 0 Å². The van der Waals surface area contributed by atoms with Gasteiger partial charge in [-0.15, -0.1) is 0 Å². The summed E-state index contributed by atoms with van der Waals surface area (Å²) < 4.78 is 0. The molecule has 0 aromatic heterocycles. The number of aliphatic imine (C=N–C) groups is 1. The second-order valence-corrected chi connectivity index (χ2v) is 12.0. The highest BCUT2D eigenvalue weighted by Crippen LogP contribution is 2.29. The largest absolute Gasteiger partial charge is 0.284 e. The van der Waals surface area contributed by atoms with Crippen LogP contribution in [-0.4, -0.2) is 12.3 Å². The number of benzene rings is 6. The van der Waals surface area contributed by atoms with Crippen molar-refractivity contribution in [3.63, 3.8) is 0 Å². The van der Waals surface area contributed by atoms with Crippen LogP contribution >= 0.6 is 0 Å². The summed E-state index contributed by atoms with van der Waals surface area (Å²) in [6.07, 6.45) is 5.41. The third kappa shape index (κ3) is 12.0. The molecule has 0 aliphatic carbocycles. The monoisotopic (exact) mass is 708 g/mol. The third-order valence-corrected chi connectivity index (χ3v) is 8.64. The summed E-state index contributed by atoms with van der Waals surface area (Å²) in [4.78, 5) is 4.72. The molecule has 0 saturated heterocycles. The van der Waals surface area contributed by atoms with E-state index in [4.69, 9.17) is 4.99 Å². The highest BCUT2D eigenvalue weighted by Gasteiger charge is 2.09. The molecule has 0 heterocycles. The Kier molecular flexibility index (Phi) is 18.4. The molecule has 0 atom stereocenters. The summed E-state index contributed by atoms with van der Waals surface area (Å²) >= 11 is 0. The Morgan fingerprint density at radius 3 is 1.72 bits per heavy atom. The minimum absolute atomic E-state index is 0.699. The van der Waals surface area contributed by atoms with E-state index < -0.39 is 0 Å². The van der Waals surface area contributed by atoms with Gasteiger partial charge in [0.15, 0.2) is 0 Å². The summed E-state index contributed by atoms with van der Waals surface area (Å²) in [5, 5.41) is 9.52. The van der Waals surface area contributed by atoms with Crippen LogP contribution in [0.25, 0.3) is 33.4 Å². The van der Waals surface area contributed by atoms with Crippen molar-refractivity contribution in [2.45, 2.75) is 61.8 Å². The van der Waals surface area contributed by atoms with Crippen molar-refractivity contribution < 1.29 is 0 Å². The maximum absolute atomic E-state index is 9.52. The minimum atomic E-state index is 0.699. The van der Waals surface area contributed by atoms with Gasteiger partial charge >= 0.3 is 0 Å². The number of nitrogens with zero attached hydrogens (tertiary/aromatic N) is 2. The van der Waals surface area contributed by atoms with Crippen LogP contribution in [-0.2, 0) is 6.42 Å². The van der Waals surface area contributed by atoms with Crippen molar-refractivity contribution >= 4 is 16.9 Å². The van der Waals surface area contributed by atoms with Crippen molar-refractivity contribution in [3.05, 3.63) is 203 Å². The first-order valence-corrected chi connectivity index (χ1v) is 19.3. The van der Waals surface area contributed by atoms with Gasteiger partial charge < -0.3 is 0 Å². The minimum Gasteiger partial charge on any atom is -0.284 e. The lowest BCUT2D eigenvalue weighted by atomic mass is 9.93. The lowest BCUT2D eigenvalue weighted by molar-refractivity contribution is 1.13. The summed E-state index contributed by atoms with van der Waals surface area (Å²) in [7, 11) is 0. The molecule has 54 heavy (non-hydrogen) atoms. The highest BCUT2D eigenvalue weighted by molar-refractivity contribution is 6.13. The topological polar surface area (TPSA) is 36.1 Å². The number of allylic oxidation sites excluding steroid dienone is 4. The molecule has 2 nitrogen and oxygen atoms in total. The van der Waals surface area contributed by atoms with E-state index in [1.165, 1.54) is 33.4 Å². The molecule has 0 amide bonds. The molecule has 6 aromatic carbocycles. The first-order valence-electron chi connectivity index (χ1n) is 19.3. The van der Waals surface area contributed by atoms with E-state index >= 15 is 0 Å². The van der Waals surface area contributed by atoms with Gasteiger partial charge in [-0.2, -0.15) is 5.26 Å². The van der Waals surface area contributed by atoms with E-state index in [9.17, 15) is 5.26 Å². The summed E-state index contributed by atoms with van der Waals surface area (Å²) in [5.74, 6) is 0.